The zero-order valence-corrected chi connectivity index (χ0v) is 33.6. The first-order valence-corrected chi connectivity index (χ1v) is 21.0. The van der Waals surface area contributed by atoms with Crippen LogP contribution in [0.2, 0.25) is 0 Å². The monoisotopic (exact) mass is 775 g/mol. The quantitative estimate of drug-likeness (QED) is 0.139. The summed E-state index contributed by atoms with van der Waals surface area (Å²) in [5.41, 5.74) is 15.3. The van der Waals surface area contributed by atoms with Gasteiger partial charge in [-0.2, -0.15) is 0 Å². The molecule has 1 heteroatoms. The Morgan fingerprint density at radius 2 is 0.689 bits per heavy atom. The van der Waals surface area contributed by atoms with E-state index in [0.29, 0.717) is 0 Å². The summed E-state index contributed by atoms with van der Waals surface area (Å²) in [5, 5.41) is 7.56. The lowest BCUT2D eigenvalue weighted by Crippen LogP contribution is -2.11. The van der Waals surface area contributed by atoms with E-state index in [1.54, 1.807) is 0 Å². The Morgan fingerprint density at radius 1 is 0.213 bits per heavy atom. The van der Waals surface area contributed by atoms with Crippen LogP contribution in [0.1, 0.15) is 0 Å². The van der Waals surface area contributed by atoms with Gasteiger partial charge in [-0.25, -0.2) is 0 Å². The number of nitrogens with zero attached hydrogens (tertiary/aromatic N) is 1. The lowest BCUT2D eigenvalue weighted by molar-refractivity contribution is 1.28. The minimum atomic E-state index is 1.09. The van der Waals surface area contributed by atoms with Gasteiger partial charge in [0.15, 0.2) is 0 Å². The molecule has 0 aliphatic rings. The Morgan fingerprint density at radius 3 is 1.46 bits per heavy atom. The highest BCUT2D eigenvalue weighted by Crippen LogP contribution is 2.44. The number of hydrogen-bond donors (Lipinski definition) is 0. The van der Waals surface area contributed by atoms with Crippen molar-refractivity contribution in [3.63, 3.8) is 0 Å². The maximum absolute atomic E-state index is 2.42. The number of hydrogen-bond acceptors (Lipinski definition) is 1. The molecule has 0 heterocycles. The molecule has 11 rings (SSSR count). The summed E-state index contributed by atoms with van der Waals surface area (Å²) in [7, 11) is 0. The van der Waals surface area contributed by atoms with Crippen molar-refractivity contribution in [2.75, 3.05) is 4.90 Å². The second kappa shape index (κ2) is 15.6. The Bertz CT molecular complexity index is 3340. The molecule has 0 bridgehead atoms. The van der Waals surface area contributed by atoms with Crippen LogP contribution in [-0.2, 0) is 0 Å². The normalized spacial score (nSPS) is 11.3. The van der Waals surface area contributed by atoms with E-state index in [1.807, 2.05) is 0 Å². The van der Waals surface area contributed by atoms with Gasteiger partial charge in [-0.05, 0) is 119 Å². The van der Waals surface area contributed by atoms with E-state index in [-0.39, 0.29) is 0 Å². The van der Waals surface area contributed by atoms with Crippen molar-refractivity contribution in [3.8, 4) is 55.6 Å². The van der Waals surface area contributed by atoms with E-state index >= 15 is 0 Å². The van der Waals surface area contributed by atoms with Gasteiger partial charge in [-0.1, -0.05) is 212 Å². The van der Waals surface area contributed by atoms with Gasteiger partial charge in [-0.15, -0.1) is 0 Å². The molecule has 0 saturated carbocycles. The van der Waals surface area contributed by atoms with Crippen molar-refractivity contribution in [2.45, 2.75) is 0 Å². The second-order valence-corrected chi connectivity index (χ2v) is 15.7. The van der Waals surface area contributed by atoms with Crippen LogP contribution in [0.25, 0.3) is 88.0 Å². The fraction of sp³-hybridized carbons (Fsp3) is 0. The first kappa shape index (κ1) is 36.1. The van der Waals surface area contributed by atoms with E-state index in [9.17, 15) is 0 Å². The molecule has 0 aromatic heterocycles. The van der Waals surface area contributed by atoms with Crippen molar-refractivity contribution in [3.05, 3.63) is 249 Å². The molecule has 61 heavy (non-hydrogen) atoms. The largest absolute Gasteiger partial charge is 0.310 e. The van der Waals surface area contributed by atoms with E-state index in [2.05, 4.69) is 254 Å². The molecule has 0 radical (unpaired) electrons. The number of rotatable bonds is 8. The Labute approximate surface area is 357 Å². The first-order chi connectivity index (χ1) is 30.3. The lowest BCUT2D eigenvalue weighted by Gasteiger charge is -2.29. The topological polar surface area (TPSA) is 3.24 Å². The van der Waals surface area contributed by atoms with Crippen molar-refractivity contribution in [1.82, 2.24) is 0 Å². The number of para-hydroxylation sites is 1. The first-order valence-electron chi connectivity index (χ1n) is 21.0. The summed E-state index contributed by atoms with van der Waals surface area (Å²) in [6.07, 6.45) is 0. The van der Waals surface area contributed by atoms with Gasteiger partial charge in [0.05, 0.1) is 5.69 Å². The van der Waals surface area contributed by atoms with E-state index < -0.39 is 0 Å². The van der Waals surface area contributed by atoms with Crippen molar-refractivity contribution in [2.24, 2.45) is 0 Å². The number of fused-ring (bicyclic) bond motifs is 4. The van der Waals surface area contributed by atoms with Crippen LogP contribution >= 0.6 is 0 Å². The minimum absolute atomic E-state index is 1.09. The average molecular weight is 776 g/mol. The molecule has 0 spiro atoms. The van der Waals surface area contributed by atoms with E-state index in [1.165, 1.54) is 71.3 Å². The van der Waals surface area contributed by atoms with Gasteiger partial charge in [-0.3, -0.25) is 0 Å². The summed E-state index contributed by atoms with van der Waals surface area (Å²) in [6, 6.07) is 90.4. The second-order valence-electron chi connectivity index (χ2n) is 15.7. The predicted octanol–water partition coefficient (Wildman–Crippen LogP) is 17.0. The molecule has 0 unspecified atom stereocenters. The molecule has 0 atom stereocenters. The Balaban J connectivity index is 1.05. The molecular weight excluding hydrogens is 735 g/mol. The highest BCUT2D eigenvalue weighted by atomic mass is 15.1. The maximum atomic E-state index is 2.42. The average Bonchev–Trinajstić information content (AvgIpc) is 3.34. The van der Waals surface area contributed by atoms with Crippen molar-refractivity contribution in [1.29, 1.82) is 0 Å². The van der Waals surface area contributed by atoms with Crippen LogP contribution in [0.4, 0.5) is 17.1 Å². The molecule has 11 aromatic rings. The van der Waals surface area contributed by atoms with Crippen LogP contribution in [0.15, 0.2) is 249 Å². The smallest absolute Gasteiger partial charge is 0.0540 e. The standard InChI is InChI=1S/C60H41N/c1-2-16-42(17-3-1)52-24-8-9-25-54(52)47-21-14-22-50(40-47)61(49-38-36-46(37-39-49)59-41-48-19-5-7-26-55(48)57-28-10-11-29-58(57)59)60-31-13-12-27-56(60)45-34-32-44(33-35-45)53-30-15-20-43-18-4-6-23-51(43)53/h1-41H. The van der Waals surface area contributed by atoms with Crippen molar-refractivity contribution < 1.29 is 0 Å². The summed E-state index contributed by atoms with van der Waals surface area (Å²) in [5.74, 6) is 0. The third kappa shape index (κ3) is 6.73. The van der Waals surface area contributed by atoms with E-state index in [4.69, 9.17) is 0 Å². The fourth-order valence-corrected chi connectivity index (χ4v) is 9.15. The Hall–Kier alpha value is -8.00. The zero-order valence-electron chi connectivity index (χ0n) is 33.6. The predicted molar refractivity (Wildman–Crippen MR) is 261 cm³/mol. The molecular formula is C60H41N. The zero-order chi connectivity index (χ0) is 40.5. The van der Waals surface area contributed by atoms with Gasteiger partial charge in [0.2, 0.25) is 0 Å². The summed E-state index contributed by atoms with van der Waals surface area (Å²) < 4.78 is 0. The van der Waals surface area contributed by atoms with Gasteiger partial charge in [0, 0.05) is 16.9 Å². The molecule has 1 nitrogen and oxygen atoms in total. The molecule has 0 amide bonds. The van der Waals surface area contributed by atoms with Crippen LogP contribution in [0, 0.1) is 0 Å². The molecule has 11 aromatic carbocycles. The molecule has 0 fully saturated rings. The molecule has 0 saturated heterocycles. The summed E-state index contributed by atoms with van der Waals surface area (Å²) in [6.45, 7) is 0. The highest BCUT2D eigenvalue weighted by molar-refractivity contribution is 6.13. The lowest BCUT2D eigenvalue weighted by atomic mass is 9.93. The van der Waals surface area contributed by atoms with Crippen molar-refractivity contribution >= 4 is 49.4 Å². The highest BCUT2D eigenvalue weighted by Gasteiger charge is 2.19. The van der Waals surface area contributed by atoms with E-state index in [0.717, 1.165) is 33.8 Å². The number of benzene rings is 11. The molecule has 0 aliphatic carbocycles. The SMILES string of the molecule is c1ccc(-c2ccccc2-c2cccc(N(c3ccc(-c4cc5ccccc5c5ccccc45)cc3)c3ccccc3-c3ccc(-c4cccc5ccccc45)cc3)c2)cc1. The summed E-state index contributed by atoms with van der Waals surface area (Å²) >= 11 is 0. The van der Waals surface area contributed by atoms with Gasteiger partial charge in [0.1, 0.15) is 0 Å². The molecule has 0 N–H and O–H groups in total. The van der Waals surface area contributed by atoms with Gasteiger partial charge < -0.3 is 4.90 Å². The van der Waals surface area contributed by atoms with Gasteiger partial charge >= 0.3 is 0 Å². The van der Waals surface area contributed by atoms with Crippen LogP contribution in [0.3, 0.4) is 0 Å². The third-order valence-corrected chi connectivity index (χ3v) is 12.1. The Kier molecular flexibility index (Phi) is 9.26. The summed E-state index contributed by atoms with van der Waals surface area (Å²) in [4.78, 5) is 2.42. The fourth-order valence-electron chi connectivity index (χ4n) is 9.15. The van der Waals surface area contributed by atoms with Crippen LogP contribution in [0.5, 0.6) is 0 Å². The van der Waals surface area contributed by atoms with Gasteiger partial charge in [0.25, 0.3) is 0 Å². The number of anilines is 3. The minimum Gasteiger partial charge on any atom is -0.310 e. The maximum Gasteiger partial charge on any atom is 0.0540 e. The van der Waals surface area contributed by atoms with Crippen LogP contribution < -0.4 is 4.90 Å². The van der Waals surface area contributed by atoms with Crippen LogP contribution in [-0.4, -0.2) is 0 Å². The molecule has 0 aliphatic heterocycles. The third-order valence-electron chi connectivity index (χ3n) is 12.1. The molecule has 286 valence electrons.